The van der Waals surface area contributed by atoms with Gasteiger partial charge in [0.2, 0.25) is 5.88 Å². The maximum absolute atomic E-state index is 6.15. The van der Waals surface area contributed by atoms with Gasteiger partial charge in [0.05, 0.1) is 0 Å². The molecule has 3 nitrogen and oxygen atoms in total. The molecule has 0 fully saturated rings. The first kappa shape index (κ1) is 13.8. The van der Waals surface area contributed by atoms with Crippen LogP contribution in [0.2, 0.25) is 0 Å². The quantitative estimate of drug-likeness (QED) is 0.686. The summed E-state index contributed by atoms with van der Waals surface area (Å²) < 4.78 is 11.9. The van der Waals surface area contributed by atoms with E-state index >= 15 is 0 Å². The van der Waals surface area contributed by atoms with Crippen molar-refractivity contribution in [3.63, 3.8) is 0 Å². The summed E-state index contributed by atoms with van der Waals surface area (Å²) in [6.07, 6.45) is 3.81. The van der Waals surface area contributed by atoms with E-state index in [1.54, 1.807) is 6.20 Å². The minimum absolute atomic E-state index is 0.131. The van der Waals surface area contributed by atoms with Gasteiger partial charge in [-0.3, -0.25) is 0 Å². The molecule has 2 heterocycles. The second-order valence-corrected chi connectivity index (χ2v) is 5.60. The van der Waals surface area contributed by atoms with Gasteiger partial charge in [-0.2, -0.15) is 0 Å². The Morgan fingerprint density at radius 2 is 1.83 bits per heavy atom. The summed E-state index contributed by atoms with van der Waals surface area (Å²) in [4.78, 5) is 4.18. The van der Waals surface area contributed by atoms with E-state index in [-0.39, 0.29) is 6.10 Å². The summed E-state index contributed by atoms with van der Waals surface area (Å²) >= 11 is 0. The number of hydrogen-bond donors (Lipinski definition) is 0. The predicted molar refractivity (Wildman–Crippen MR) is 88.9 cm³/mol. The van der Waals surface area contributed by atoms with Gasteiger partial charge in [0.15, 0.2) is 0 Å². The van der Waals surface area contributed by atoms with E-state index in [0.29, 0.717) is 5.88 Å². The van der Waals surface area contributed by atoms with Crippen molar-refractivity contribution >= 4 is 0 Å². The predicted octanol–water partition coefficient (Wildman–Crippen LogP) is 4.94. The van der Waals surface area contributed by atoms with Crippen LogP contribution in [-0.2, 0) is 6.42 Å². The molecule has 0 aliphatic carbocycles. The third-order valence-corrected chi connectivity index (χ3v) is 4.01. The highest BCUT2D eigenvalue weighted by Crippen LogP contribution is 2.37. The Hall–Kier alpha value is -2.81. The highest BCUT2D eigenvalue weighted by molar-refractivity contribution is 5.43. The number of fused-ring (bicyclic) bond motifs is 1. The second kappa shape index (κ2) is 6.13. The molecule has 0 saturated carbocycles. The summed E-state index contributed by atoms with van der Waals surface area (Å²) in [5, 5.41) is 0. The average molecular weight is 303 g/mol. The molecule has 2 aromatic carbocycles. The number of benzene rings is 2. The lowest BCUT2D eigenvalue weighted by Crippen LogP contribution is -2.15. The van der Waals surface area contributed by atoms with E-state index in [2.05, 4.69) is 29.2 Å². The molecule has 1 aromatic heterocycles. The first-order valence-electron chi connectivity index (χ1n) is 7.82. The number of aryl methyl sites for hydroxylation is 1. The summed E-state index contributed by atoms with van der Waals surface area (Å²) in [7, 11) is 0. The van der Waals surface area contributed by atoms with Gasteiger partial charge in [0.25, 0.3) is 0 Å². The molecule has 4 rings (SSSR count). The minimum atomic E-state index is 0.131. The SMILES string of the molecule is c1ccc(C2CCc3cc(Oc4ccccn4)ccc3O2)cc1. The van der Waals surface area contributed by atoms with Crippen LogP contribution in [-0.4, -0.2) is 4.98 Å². The van der Waals surface area contributed by atoms with Crippen molar-refractivity contribution in [2.24, 2.45) is 0 Å². The molecule has 3 heteroatoms. The normalized spacial score (nSPS) is 16.3. The van der Waals surface area contributed by atoms with Gasteiger partial charge in [0, 0.05) is 12.3 Å². The standard InChI is InChI=1S/C20H17NO2/c1-2-6-15(7-3-1)18-11-9-16-14-17(10-12-19(16)23-18)22-20-8-4-5-13-21-20/h1-8,10,12-14,18H,9,11H2. The lowest BCUT2D eigenvalue weighted by atomic mass is 9.97. The number of pyridine rings is 1. The van der Waals surface area contributed by atoms with Crippen molar-refractivity contribution in [2.45, 2.75) is 18.9 Å². The lowest BCUT2D eigenvalue weighted by molar-refractivity contribution is 0.176. The Morgan fingerprint density at radius 1 is 0.957 bits per heavy atom. The molecule has 0 bridgehead atoms. The molecule has 0 amide bonds. The molecule has 3 aromatic rings. The van der Waals surface area contributed by atoms with Gasteiger partial charge in [0.1, 0.15) is 17.6 Å². The molecule has 1 atom stereocenters. The van der Waals surface area contributed by atoms with Gasteiger partial charge < -0.3 is 9.47 Å². The third kappa shape index (κ3) is 3.04. The van der Waals surface area contributed by atoms with E-state index in [1.807, 2.05) is 42.5 Å². The molecule has 0 N–H and O–H groups in total. The molecule has 0 saturated heterocycles. The Balaban J connectivity index is 1.53. The molecule has 1 aliphatic rings. The van der Waals surface area contributed by atoms with E-state index in [9.17, 15) is 0 Å². The maximum atomic E-state index is 6.15. The fraction of sp³-hybridized carbons (Fsp3) is 0.150. The van der Waals surface area contributed by atoms with Crippen LogP contribution in [0.5, 0.6) is 17.4 Å². The third-order valence-electron chi connectivity index (χ3n) is 4.01. The van der Waals surface area contributed by atoms with Crippen molar-refractivity contribution in [1.82, 2.24) is 4.98 Å². The van der Waals surface area contributed by atoms with E-state index in [0.717, 1.165) is 24.3 Å². The highest BCUT2D eigenvalue weighted by Gasteiger charge is 2.21. The van der Waals surface area contributed by atoms with Crippen molar-refractivity contribution in [1.29, 1.82) is 0 Å². The van der Waals surface area contributed by atoms with Crippen LogP contribution < -0.4 is 9.47 Å². The van der Waals surface area contributed by atoms with Gasteiger partial charge in [-0.1, -0.05) is 36.4 Å². The minimum Gasteiger partial charge on any atom is -0.485 e. The highest BCUT2D eigenvalue weighted by atomic mass is 16.5. The Kier molecular flexibility index (Phi) is 3.68. The first-order chi connectivity index (χ1) is 11.4. The van der Waals surface area contributed by atoms with Crippen LogP contribution in [0.3, 0.4) is 0 Å². The first-order valence-corrected chi connectivity index (χ1v) is 7.82. The van der Waals surface area contributed by atoms with Gasteiger partial charge >= 0.3 is 0 Å². The van der Waals surface area contributed by atoms with E-state index in [4.69, 9.17) is 9.47 Å². The Morgan fingerprint density at radius 3 is 2.65 bits per heavy atom. The van der Waals surface area contributed by atoms with Crippen molar-refractivity contribution in [3.8, 4) is 17.4 Å². The molecular formula is C20H17NO2. The van der Waals surface area contributed by atoms with E-state index in [1.165, 1.54) is 11.1 Å². The van der Waals surface area contributed by atoms with Crippen molar-refractivity contribution < 1.29 is 9.47 Å². The Bertz CT molecular complexity index is 787. The van der Waals surface area contributed by atoms with Crippen molar-refractivity contribution in [3.05, 3.63) is 84.1 Å². The summed E-state index contributed by atoms with van der Waals surface area (Å²) in [6.45, 7) is 0. The molecule has 114 valence electrons. The largest absolute Gasteiger partial charge is 0.485 e. The molecule has 0 radical (unpaired) electrons. The monoisotopic (exact) mass is 303 g/mol. The number of ether oxygens (including phenoxy) is 2. The van der Waals surface area contributed by atoms with Gasteiger partial charge in [-0.25, -0.2) is 4.98 Å². The van der Waals surface area contributed by atoms with Crippen LogP contribution in [0, 0.1) is 0 Å². The van der Waals surface area contributed by atoms with Gasteiger partial charge in [-0.15, -0.1) is 0 Å². The lowest BCUT2D eigenvalue weighted by Gasteiger charge is -2.26. The van der Waals surface area contributed by atoms with Crippen LogP contribution in [0.15, 0.2) is 72.9 Å². The van der Waals surface area contributed by atoms with Gasteiger partial charge in [-0.05, 0) is 48.2 Å². The Labute approximate surface area is 135 Å². The number of nitrogens with zero attached hydrogens (tertiary/aromatic N) is 1. The average Bonchev–Trinajstić information content (AvgIpc) is 2.63. The molecule has 0 spiro atoms. The van der Waals surface area contributed by atoms with Crippen LogP contribution in [0.25, 0.3) is 0 Å². The smallest absolute Gasteiger partial charge is 0.219 e. The molecule has 1 aliphatic heterocycles. The molecule has 23 heavy (non-hydrogen) atoms. The number of aromatic nitrogens is 1. The summed E-state index contributed by atoms with van der Waals surface area (Å²) in [6, 6.07) is 22.0. The zero-order chi connectivity index (χ0) is 15.5. The maximum Gasteiger partial charge on any atom is 0.219 e. The zero-order valence-electron chi connectivity index (χ0n) is 12.7. The van der Waals surface area contributed by atoms with Crippen LogP contribution in [0.4, 0.5) is 0 Å². The zero-order valence-corrected chi connectivity index (χ0v) is 12.7. The van der Waals surface area contributed by atoms with Crippen LogP contribution in [0.1, 0.15) is 23.7 Å². The van der Waals surface area contributed by atoms with Crippen molar-refractivity contribution in [2.75, 3.05) is 0 Å². The van der Waals surface area contributed by atoms with E-state index < -0.39 is 0 Å². The summed E-state index contributed by atoms with van der Waals surface area (Å²) in [5.41, 5.74) is 2.41. The molecule has 1 unspecified atom stereocenters. The topological polar surface area (TPSA) is 31.4 Å². The van der Waals surface area contributed by atoms with Crippen LogP contribution >= 0.6 is 0 Å². The fourth-order valence-electron chi connectivity index (χ4n) is 2.86. The number of hydrogen-bond acceptors (Lipinski definition) is 3. The summed E-state index contributed by atoms with van der Waals surface area (Å²) in [5.74, 6) is 2.34. The fourth-order valence-corrected chi connectivity index (χ4v) is 2.86. The second-order valence-electron chi connectivity index (χ2n) is 5.60. The molecular weight excluding hydrogens is 286 g/mol. The number of rotatable bonds is 3.